The summed E-state index contributed by atoms with van der Waals surface area (Å²) in [6.45, 7) is 2.70. The van der Waals surface area contributed by atoms with Crippen LogP contribution in [0.3, 0.4) is 0 Å². The van der Waals surface area contributed by atoms with Crippen LogP contribution in [-0.4, -0.2) is 40.6 Å². The molecule has 0 fully saturated rings. The first-order chi connectivity index (χ1) is 15.8. The predicted octanol–water partition coefficient (Wildman–Crippen LogP) is 3.81. The summed E-state index contributed by atoms with van der Waals surface area (Å²) in [4.78, 5) is 12.5. The number of amides is 1. The second kappa shape index (κ2) is 11.7. The molecule has 0 saturated heterocycles. The van der Waals surface area contributed by atoms with Gasteiger partial charge in [0.25, 0.3) is 5.91 Å². The summed E-state index contributed by atoms with van der Waals surface area (Å²) >= 11 is 6.13. The van der Waals surface area contributed by atoms with Crippen LogP contribution in [0.4, 0.5) is 0 Å². The van der Waals surface area contributed by atoms with Crippen LogP contribution in [-0.2, 0) is 10.0 Å². The molecule has 0 aliphatic heterocycles. The van der Waals surface area contributed by atoms with Gasteiger partial charge in [-0.25, -0.2) is 13.1 Å². The minimum atomic E-state index is -3.85. The molecule has 0 aliphatic rings. The molecule has 0 radical (unpaired) electrons. The van der Waals surface area contributed by atoms with Crippen LogP contribution in [0.1, 0.15) is 15.9 Å². The van der Waals surface area contributed by atoms with Gasteiger partial charge in [-0.05, 0) is 49.4 Å². The van der Waals surface area contributed by atoms with E-state index in [2.05, 4.69) is 10.0 Å². The number of hydrogen-bond donors (Lipinski definition) is 2. The van der Waals surface area contributed by atoms with E-state index < -0.39 is 15.9 Å². The Hall–Kier alpha value is -3.07. The SMILES string of the molecule is Cc1ccc(OCCNC(=O)c2cc(S(=O)(=O)NCCOc3ccccc3)ccc2Cl)cc1. The summed E-state index contributed by atoms with van der Waals surface area (Å²) in [7, 11) is -3.85. The molecule has 0 aliphatic carbocycles. The first-order valence-electron chi connectivity index (χ1n) is 10.3. The number of carbonyl (C=O) groups is 1. The van der Waals surface area contributed by atoms with Crippen molar-refractivity contribution in [3.63, 3.8) is 0 Å². The largest absolute Gasteiger partial charge is 0.492 e. The third-order valence-electron chi connectivity index (χ3n) is 4.58. The van der Waals surface area contributed by atoms with Crippen LogP contribution in [0.15, 0.2) is 77.7 Å². The van der Waals surface area contributed by atoms with Gasteiger partial charge in [0.05, 0.1) is 22.0 Å². The van der Waals surface area contributed by atoms with E-state index in [0.29, 0.717) is 11.5 Å². The highest BCUT2D eigenvalue weighted by Crippen LogP contribution is 2.20. The molecule has 0 spiro atoms. The fourth-order valence-corrected chi connectivity index (χ4v) is 4.10. The molecule has 9 heteroatoms. The highest BCUT2D eigenvalue weighted by Gasteiger charge is 2.18. The number of benzene rings is 3. The summed E-state index contributed by atoms with van der Waals surface area (Å²) in [5.41, 5.74) is 1.19. The number of rotatable bonds is 11. The van der Waals surface area contributed by atoms with Crippen molar-refractivity contribution in [1.82, 2.24) is 10.0 Å². The molecular weight excluding hydrogens is 464 g/mol. The molecule has 33 heavy (non-hydrogen) atoms. The number of halogens is 1. The highest BCUT2D eigenvalue weighted by atomic mass is 35.5. The second-order valence-corrected chi connectivity index (χ2v) is 9.29. The van der Waals surface area contributed by atoms with E-state index in [9.17, 15) is 13.2 Å². The van der Waals surface area contributed by atoms with E-state index in [0.717, 1.165) is 5.56 Å². The Balaban J connectivity index is 1.52. The topological polar surface area (TPSA) is 93.7 Å². The molecule has 1 amide bonds. The van der Waals surface area contributed by atoms with Gasteiger partial charge >= 0.3 is 0 Å². The smallest absolute Gasteiger partial charge is 0.252 e. The quantitative estimate of drug-likeness (QED) is 0.400. The Morgan fingerprint density at radius 1 is 0.879 bits per heavy atom. The number of sulfonamides is 1. The molecule has 2 N–H and O–H groups in total. The first-order valence-corrected chi connectivity index (χ1v) is 12.2. The van der Waals surface area contributed by atoms with Gasteiger partial charge in [-0.2, -0.15) is 0 Å². The summed E-state index contributed by atoms with van der Waals surface area (Å²) in [5.74, 6) is 0.855. The van der Waals surface area contributed by atoms with Crippen molar-refractivity contribution in [3.05, 3.63) is 88.9 Å². The maximum Gasteiger partial charge on any atom is 0.252 e. The number of para-hydroxylation sites is 1. The van der Waals surface area contributed by atoms with Crippen LogP contribution in [0.2, 0.25) is 5.02 Å². The van der Waals surface area contributed by atoms with Crippen molar-refractivity contribution in [1.29, 1.82) is 0 Å². The van der Waals surface area contributed by atoms with Crippen molar-refractivity contribution in [3.8, 4) is 11.5 Å². The van der Waals surface area contributed by atoms with Crippen molar-refractivity contribution in [2.75, 3.05) is 26.3 Å². The van der Waals surface area contributed by atoms with Crippen LogP contribution in [0, 0.1) is 6.92 Å². The van der Waals surface area contributed by atoms with Crippen molar-refractivity contribution >= 4 is 27.5 Å². The molecule has 0 saturated carbocycles. The monoisotopic (exact) mass is 488 g/mol. The maximum absolute atomic E-state index is 12.6. The number of carbonyl (C=O) groups excluding carboxylic acids is 1. The fraction of sp³-hybridized carbons (Fsp3) is 0.208. The average Bonchev–Trinajstić information content (AvgIpc) is 2.81. The number of ether oxygens (including phenoxy) is 2. The van der Waals surface area contributed by atoms with Gasteiger partial charge in [0.15, 0.2) is 0 Å². The highest BCUT2D eigenvalue weighted by molar-refractivity contribution is 7.89. The molecule has 3 aromatic rings. The third-order valence-corrected chi connectivity index (χ3v) is 6.36. The molecule has 0 bridgehead atoms. The molecular formula is C24H25ClN2O5S. The Bertz CT molecular complexity index is 1170. The molecule has 0 aromatic heterocycles. The van der Waals surface area contributed by atoms with E-state index in [1.165, 1.54) is 18.2 Å². The van der Waals surface area contributed by atoms with Crippen molar-refractivity contribution in [2.24, 2.45) is 0 Å². The Kier molecular flexibility index (Phi) is 8.71. The first kappa shape index (κ1) is 24.6. The zero-order valence-corrected chi connectivity index (χ0v) is 19.7. The van der Waals surface area contributed by atoms with Crippen LogP contribution in [0.5, 0.6) is 11.5 Å². The summed E-state index contributed by atoms with van der Waals surface area (Å²) in [5, 5.41) is 2.84. The minimum absolute atomic E-state index is 0.0623. The lowest BCUT2D eigenvalue weighted by molar-refractivity contribution is 0.0947. The Labute approximate surface area is 198 Å². The molecule has 0 heterocycles. The second-order valence-electron chi connectivity index (χ2n) is 7.12. The van der Waals surface area contributed by atoms with E-state index in [4.69, 9.17) is 21.1 Å². The Morgan fingerprint density at radius 2 is 1.52 bits per heavy atom. The van der Waals surface area contributed by atoms with E-state index in [1.807, 2.05) is 49.4 Å². The molecule has 0 unspecified atom stereocenters. The van der Waals surface area contributed by atoms with Crippen molar-refractivity contribution < 1.29 is 22.7 Å². The van der Waals surface area contributed by atoms with Crippen LogP contribution >= 0.6 is 11.6 Å². The van der Waals surface area contributed by atoms with E-state index in [-0.39, 0.29) is 41.8 Å². The fourth-order valence-electron chi connectivity index (χ4n) is 2.85. The standard InChI is InChI=1S/C24H25ClN2O5S/c1-18-7-9-20(10-8-18)31-15-13-26-24(28)22-17-21(11-12-23(22)25)33(29,30)27-14-16-32-19-5-3-2-4-6-19/h2-12,17,27H,13-16H2,1H3,(H,26,28). The predicted molar refractivity (Wildman–Crippen MR) is 128 cm³/mol. The molecule has 174 valence electrons. The van der Waals surface area contributed by atoms with Gasteiger partial charge in [-0.1, -0.05) is 47.5 Å². The lowest BCUT2D eigenvalue weighted by Crippen LogP contribution is -2.30. The van der Waals surface area contributed by atoms with Gasteiger partial charge in [0.2, 0.25) is 10.0 Å². The zero-order valence-electron chi connectivity index (χ0n) is 18.1. The minimum Gasteiger partial charge on any atom is -0.492 e. The van der Waals surface area contributed by atoms with Gasteiger partial charge in [-0.15, -0.1) is 0 Å². The number of aryl methyl sites for hydroxylation is 1. The number of hydrogen-bond acceptors (Lipinski definition) is 5. The van der Waals surface area contributed by atoms with Crippen LogP contribution < -0.4 is 19.5 Å². The van der Waals surface area contributed by atoms with Crippen LogP contribution in [0.25, 0.3) is 0 Å². The zero-order chi connectivity index (χ0) is 23.7. The van der Waals surface area contributed by atoms with Gasteiger partial charge < -0.3 is 14.8 Å². The number of nitrogens with one attached hydrogen (secondary N) is 2. The molecule has 7 nitrogen and oxygen atoms in total. The summed E-state index contributed by atoms with van der Waals surface area (Å²) in [6, 6.07) is 20.6. The van der Waals surface area contributed by atoms with Gasteiger partial charge in [0.1, 0.15) is 24.7 Å². The average molecular weight is 489 g/mol. The van der Waals surface area contributed by atoms with Gasteiger partial charge in [0, 0.05) is 6.54 Å². The molecule has 3 aromatic carbocycles. The Morgan fingerprint density at radius 3 is 2.21 bits per heavy atom. The lowest BCUT2D eigenvalue weighted by Gasteiger charge is -2.11. The summed E-state index contributed by atoms with van der Waals surface area (Å²) < 4.78 is 38.7. The maximum atomic E-state index is 12.6. The van der Waals surface area contributed by atoms with E-state index in [1.54, 1.807) is 12.1 Å². The van der Waals surface area contributed by atoms with Crippen molar-refractivity contribution in [2.45, 2.75) is 11.8 Å². The normalized spacial score (nSPS) is 11.1. The lowest BCUT2D eigenvalue weighted by atomic mass is 10.2. The van der Waals surface area contributed by atoms with E-state index >= 15 is 0 Å². The summed E-state index contributed by atoms with van der Waals surface area (Å²) in [6.07, 6.45) is 0. The third kappa shape index (κ3) is 7.49. The molecule has 3 rings (SSSR count). The van der Waals surface area contributed by atoms with Gasteiger partial charge in [-0.3, -0.25) is 4.79 Å². The molecule has 0 atom stereocenters.